The summed E-state index contributed by atoms with van der Waals surface area (Å²) in [4.78, 5) is 11.8. The molecule has 1 aliphatic heterocycles. The quantitative estimate of drug-likeness (QED) is 0.933. The Hall–Kier alpha value is -2.89. The molecule has 0 saturated heterocycles. The average Bonchev–Trinajstić information content (AvgIpc) is 2.92. The van der Waals surface area contributed by atoms with Crippen LogP contribution < -0.4 is 9.75 Å². The van der Waals surface area contributed by atoms with Crippen LogP contribution in [-0.4, -0.2) is 23.9 Å². The van der Waals surface area contributed by atoms with Crippen molar-refractivity contribution < 1.29 is 19.0 Å². The maximum absolute atomic E-state index is 13.2. The van der Waals surface area contributed by atoms with E-state index in [1.807, 2.05) is 18.2 Å². The molecule has 2 aromatic carbocycles. The zero-order valence-corrected chi connectivity index (χ0v) is 13.3. The predicted octanol–water partition coefficient (Wildman–Crippen LogP) is 3.47. The molecule has 124 valence electrons. The van der Waals surface area contributed by atoms with Gasteiger partial charge in [-0.2, -0.15) is 5.10 Å². The molecule has 0 saturated carbocycles. The molecular formula is C18H17FN2O3. The molecule has 1 aliphatic rings. The maximum Gasteiger partial charge on any atom is 0.314 e. The summed E-state index contributed by atoms with van der Waals surface area (Å²) in [6.07, 6.45) is 0. The van der Waals surface area contributed by atoms with E-state index in [9.17, 15) is 14.3 Å². The third-order valence-electron chi connectivity index (χ3n) is 4.11. The smallest absolute Gasteiger partial charge is 0.314 e. The van der Waals surface area contributed by atoms with Crippen molar-refractivity contribution in [3.63, 3.8) is 0 Å². The number of hydrogen-bond acceptors (Lipinski definition) is 4. The van der Waals surface area contributed by atoms with Crippen molar-refractivity contribution >= 4 is 17.4 Å². The molecule has 0 aliphatic carbocycles. The van der Waals surface area contributed by atoms with Crippen molar-refractivity contribution in [1.29, 1.82) is 0 Å². The number of rotatable bonds is 4. The number of methoxy groups -OCH3 is 1. The third-order valence-corrected chi connectivity index (χ3v) is 4.11. The second-order valence-corrected chi connectivity index (χ2v) is 5.57. The van der Waals surface area contributed by atoms with Gasteiger partial charge in [-0.15, -0.1) is 0 Å². The topological polar surface area (TPSA) is 62.1 Å². The Balaban J connectivity index is 2.12. The first-order chi connectivity index (χ1) is 11.5. The highest BCUT2D eigenvalue weighted by molar-refractivity contribution is 6.03. The highest BCUT2D eigenvalue weighted by Gasteiger charge is 2.43. The van der Waals surface area contributed by atoms with Crippen LogP contribution in [0.2, 0.25) is 0 Å². The summed E-state index contributed by atoms with van der Waals surface area (Å²) in [5, 5.41) is 15.7. The van der Waals surface area contributed by atoms with E-state index in [0.717, 1.165) is 5.56 Å². The second-order valence-electron chi connectivity index (χ2n) is 5.57. The molecule has 0 amide bonds. The van der Waals surface area contributed by atoms with Gasteiger partial charge in [0.15, 0.2) is 0 Å². The number of benzene rings is 2. The van der Waals surface area contributed by atoms with Gasteiger partial charge < -0.3 is 9.84 Å². The molecule has 0 bridgehead atoms. The predicted molar refractivity (Wildman–Crippen MR) is 88.8 cm³/mol. The highest BCUT2D eigenvalue weighted by Crippen LogP contribution is 2.42. The minimum atomic E-state index is -0.961. The molecule has 0 aromatic heterocycles. The lowest BCUT2D eigenvalue weighted by molar-refractivity contribution is -0.139. The van der Waals surface area contributed by atoms with Crippen LogP contribution >= 0.6 is 0 Å². The molecule has 1 N–H and O–H groups in total. The minimum absolute atomic E-state index is 0.359. The van der Waals surface area contributed by atoms with E-state index in [-0.39, 0.29) is 5.82 Å². The number of nitrogens with zero attached hydrogens (tertiary/aromatic N) is 2. The molecule has 2 atom stereocenters. The van der Waals surface area contributed by atoms with E-state index in [1.165, 1.54) is 12.1 Å². The fourth-order valence-corrected chi connectivity index (χ4v) is 3.01. The fraction of sp³-hybridized carbons (Fsp3) is 0.222. The molecule has 0 spiro atoms. The van der Waals surface area contributed by atoms with E-state index in [4.69, 9.17) is 4.74 Å². The van der Waals surface area contributed by atoms with Crippen LogP contribution in [0.15, 0.2) is 53.6 Å². The summed E-state index contributed by atoms with van der Waals surface area (Å²) in [6.45, 7) is 1.69. The zero-order chi connectivity index (χ0) is 17.3. The Morgan fingerprint density at radius 3 is 2.50 bits per heavy atom. The lowest BCUT2D eigenvalue weighted by atomic mass is 9.90. The molecule has 24 heavy (non-hydrogen) atoms. The summed E-state index contributed by atoms with van der Waals surface area (Å²) in [7, 11) is 1.54. The molecule has 5 nitrogen and oxygen atoms in total. The molecule has 0 fully saturated rings. The van der Waals surface area contributed by atoms with Gasteiger partial charge in [-0.3, -0.25) is 9.80 Å². The first kappa shape index (κ1) is 16.0. The number of carbonyl (C=O) groups is 1. The number of ether oxygens (including phenoxy) is 1. The molecule has 2 unspecified atom stereocenters. The van der Waals surface area contributed by atoms with Crippen molar-refractivity contribution in [3.8, 4) is 5.75 Å². The number of carboxylic acids is 1. The number of aliphatic carboxylic acids is 1. The normalized spacial score (nSPS) is 20.0. The summed E-state index contributed by atoms with van der Waals surface area (Å²) in [5.74, 6) is -1.55. The minimum Gasteiger partial charge on any atom is -0.496 e. The Labute approximate surface area is 139 Å². The van der Waals surface area contributed by atoms with Gasteiger partial charge in [0.1, 0.15) is 17.5 Å². The fourth-order valence-electron chi connectivity index (χ4n) is 3.01. The monoisotopic (exact) mass is 328 g/mol. The van der Waals surface area contributed by atoms with E-state index >= 15 is 0 Å². The first-order valence-electron chi connectivity index (χ1n) is 7.48. The van der Waals surface area contributed by atoms with Crippen LogP contribution in [-0.2, 0) is 4.79 Å². The molecule has 0 radical (unpaired) electrons. The number of anilines is 1. The zero-order valence-electron chi connectivity index (χ0n) is 13.3. The van der Waals surface area contributed by atoms with E-state index < -0.39 is 17.9 Å². The van der Waals surface area contributed by atoms with E-state index in [2.05, 4.69) is 5.10 Å². The van der Waals surface area contributed by atoms with Crippen LogP contribution in [0.3, 0.4) is 0 Å². The molecule has 2 aromatic rings. The van der Waals surface area contributed by atoms with Crippen molar-refractivity contribution in [3.05, 3.63) is 59.9 Å². The maximum atomic E-state index is 13.2. The number of hydrazone groups is 1. The molecule has 6 heteroatoms. The Morgan fingerprint density at radius 2 is 1.88 bits per heavy atom. The van der Waals surface area contributed by atoms with Gasteiger partial charge in [-0.05, 0) is 37.3 Å². The van der Waals surface area contributed by atoms with Crippen molar-refractivity contribution in [2.45, 2.75) is 13.0 Å². The summed E-state index contributed by atoms with van der Waals surface area (Å²) in [6, 6.07) is 12.5. The van der Waals surface area contributed by atoms with Gasteiger partial charge in [0, 0.05) is 5.56 Å². The largest absolute Gasteiger partial charge is 0.496 e. The third kappa shape index (κ3) is 2.71. The Morgan fingerprint density at radius 1 is 1.21 bits per heavy atom. The van der Waals surface area contributed by atoms with Crippen molar-refractivity contribution in [1.82, 2.24) is 0 Å². The van der Waals surface area contributed by atoms with Crippen molar-refractivity contribution in [2.24, 2.45) is 11.0 Å². The lowest BCUT2D eigenvalue weighted by Crippen LogP contribution is -2.30. The number of halogens is 1. The van der Waals surface area contributed by atoms with Crippen LogP contribution in [0.1, 0.15) is 18.5 Å². The van der Waals surface area contributed by atoms with Gasteiger partial charge in [-0.25, -0.2) is 4.39 Å². The molecule has 3 rings (SSSR count). The van der Waals surface area contributed by atoms with E-state index in [0.29, 0.717) is 17.1 Å². The lowest BCUT2D eigenvalue weighted by Gasteiger charge is -2.28. The van der Waals surface area contributed by atoms with Gasteiger partial charge in [0.2, 0.25) is 0 Å². The van der Waals surface area contributed by atoms with Crippen molar-refractivity contribution in [2.75, 3.05) is 12.1 Å². The highest BCUT2D eigenvalue weighted by atomic mass is 19.1. The Kier molecular flexibility index (Phi) is 4.20. The van der Waals surface area contributed by atoms with Crippen LogP contribution in [0.25, 0.3) is 0 Å². The van der Waals surface area contributed by atoms with Crippen LogP contribution in [0.4, 0.5) is 10.1 Å². The van der Waals surface area contributed by atoms with E-state index in [1.54, 1.807) is 37.2 Å². The van der Waals surface area contributed by atoms with Crippen LogP contribution in [0, 0.1) is 11.7 Å². The van der Waals surface area contributed by atoms with Crippen LogP contribution in [0.5, 0.6) is 5.75 Å². The standard InChI is InChI=1S/C18H17FN2O3/c1-11-16(18(22)23)17(14-5-3-4-6-15(14)24-2)21(20-11)13-9-7-12(19)8-10-13/h3-10,16-17H,1-2H3,(H,22,23). The summed E-state index contributed by atoms with van der Waals surface area (Å²) in [5.41, 5.74) is 1.83. The number of para-hydroxylation sites is 1. The Bertz CT molecular complexity index is 789. The average molecular weight is 328 g/mol. The SMILES string of the molecule is COc1ccccc1C1C(C(=O)O)C(C)=NN1c1ccc(F)cc1. The van der Waals surface area contributed by atoms with Gasteiger partial charge in [0.05, 0.1) is 24.6 Å². The van der Waals surface area contributed by atoms with Gasteiger partial charge >= 0.3 is 5.97 Å². The number of hydrogen-bond donors (Lipinski definition) is 1. The number of carboxylic acid groups (broad SMARTS) is 1. The summed E-state index contributed by atoms with van der Waals surface area (Å²) < 4.78 is 18.6. The first-order valence-corrected chi connectivity index (χ1v) is 7.48. The molecular weight excluding hydrogens is 311 g/mol. The summed E-state index contributed by atoms with van der Waals surface area (Å²) >= 11 is 0. The van der Waals surface area contributed by atoms with Gasteiger partial charge in [-0.1, -0.05) is 18.2 Å². The molecule has 1 heterocycles. The second kappa shape index (κ2) is 6.31. The van der Waals surface area contributed by atoms with Gasteiger partial charge in [0.25, 0.3) is 0 Å².